The van der Waals surface area contributed by atoms with Gasteiger partial charge >= 0.3 is 0 Å². The molecule has 1 atom stereocenters. The second kappa shape index (κ2) is 9.62. The van der Waals surface area contributed by atoms with Crippen LogP contribution in [0.2, 0.25) is 0 Å². The van der Waals surface area contributed by atoms with Gasteiger partial charge in [0.25, 0.3) is 5.91 Å². The van der Waals surface area contributed by atoms with Crippen LogP contribution in [-0.4, -0.2) is 55.3 Å². The molecule has 4 N–H and O–H groups in total. The number of amides is 1. The molecule has 1 aromatic heterocycles. The number of aromatic nitrogens is 2. The second-order valence-corrected chi connectivity index (χ2v) is 7.27. The van der Waals surface area contributed by atoms with Gasteiger partial charge in [-0.3, -0.25) is 9.59 Å². The van der Waals surface area contributed by atoms with Gasteiger partial charge in [0.1, 0.15) is 28.7 Å². The van der Waals surface area contributed by atoms with Gasteiger partial charge in [0.15, 0.2) is 0 Å². The van der Waals surface area contributed by atoms with E-state index in [1.54, 1.807) is 37.1 Å². The van der Waals surface area contributed by atoms with E-state index in [1.165, 1.54) is 0 Å². The first kappa shape index (κ1) is 21.6. The molecule has 30 heavy (non-hydrogen) atoms. The summed E-state index contributed by atoms with van der Waals surface area (Å²) in [6.07, 6.45) is 1.08. The lowest BCUT2D eigenvalue weighted by atomic mass is 10.0. The van der Waals surface area contributed by atoms with Gasteiger partial charge < -0.3 is 25.8 Å². The highest BCUT2D eigenvalue weighted by Gasteiger charge is 2.28. The van der Waals surface area contributed by atoms with Crippen molar-refractivity contribution in [1.29, 1.82) is 0 Å². The van der Waals surface area contributed by atoms with Crippen molar-refractivity contribution in [1.82, 2.24) is 15.1 Å². The Morgan fingerprint density at radius 3 is 2.47 bits per heavy atom. The number of nitrogens with one attached hydrogen (secondary N) is 2. The van der Waals surface area contributed by atoms with E-state index >= 15 is 0 Å². The molecule has 0 radical (unpaired) electrons. The summed E-state index contributed by atoms with van der Waals surface area (Å²) in [6, 6.07) is 5.45. The van der Waals surface area contributed by atoms with Gasteiger partial charge in [-0.05, 0) is 37.6 Å². The number of anilines is 1. The topological polar surface area (TPSA) is 120 Å². The number of ketones is 1. The van der Waals surface area contributed by atoms with Crippen LogP contribution in [0.3, 0.4) is 0 Å². The molecule has 2 heterocycles. The molecule has 9 heteroatoms. The molecular weight excluding hydrogens is 386 g/mol. The minimum absolute atomic E-state index is 0.0172. The van der Waals surface area contributed by atoms with Gasteiger partial charge in [-0.25, -0.2) is 4.68 Å². The number of Topliss-reactive ketones (excluding diaryl/α,β-unsaturated/α-hetero) is 1. The van der Waals surface area contributed by atoms with Crippen LogP contribution in [0.4, 0.5) is 5.82 Å². The number of nitrogens with two attached hydrogens (primary N) is 1. The van der Waals surface area contributed by atoms with Crippen molar-refractivity contribution in [3.63, 3.8) is 0 Å². The van der Waals surface area contributed by atoms with Crippen LogP contribution in [0.25, 0.3) is 0 Å². The maximum Gasteiger partial charge on any atom is 0.254 e. The van der Waals surface area contributed by atoms with Crippen LogP contribution in [0.1, 0.15) is 41.0 Å². The first-order valence-corrected chi connectivity index (χ1v) is 10.1. The Bertz CT molecular complexity index is 896. The van der Waals surface area contributed by atoms with E-state index in [2.05, 4.69) is 15.7 Å². The van der Waals surface area contributed by atoms with E-state index < -0.39 is 5.91 Å². The number of primary amides is 1. The monoisotopic (exact) mass is 415 g/mol. The second-order valence-electron chi connectivity index (χ2n) is 7.27. The van der Waals surface area contributed by atoms with Gasteiger partial charge in [0.2, 0.25) is 0 Å². The van der Waals surface area contributed by atoms with Crippen molar-refractivity contribution in [3.05, 3.63) is 35.0 Å². The summed E-state index contributed by atoms with van der Waals surface area (Å²) in [7, 11) is 3.12. The van der Waals surface area contributed by atoms with Crippen molar-refractivity contribution < 1.29 is 19.1 Å². The van der Waals surface area contributed by atoms with Crippen molar-refractivity contribution in [2.45, 2.75) is 32.2 Å². The van der Waals surface area contributed by atoms with Crippen LogP contribution < -0.4 is 25.8 Å². The number of methoxy groups -OCH3 is 2. The average Bonchev–Trinajstić information content (AvgIpc) is 3.36. The predicted octanol–water partition coefficient (Wildman–Crippen LogP) is 1.32. The number of nitrogens with zero attached hydrogens (tertiary/aromatic N) is 2. The summed E-state index contributed by atoms with van der Waals surface area (Å²) in [5.74, 6) is 1.15. The van der Waals surface area contributed by atoms with Crippen LogP contribution in [-0.2, 0) is 17.6 Å². The standard InChI is InChI=1S/C21H29N5O4/c1-4-24-21-19(20(22)28)18(25-26(21)14-5-6-23-12-14)10-15(27)7-13-8-16(29-2)11-17(9-13)30-3/h8-9,11,14,23-24H,4-7,10,12H2,1-3H3,(H2,22,28)/t14-/m0/s1. The number of carbonyl (C=O) groups excluding carboxylic acids is 2. The van der Waals surface area contributed by atoms with Crippen molar-refractivity contribution in [3.8, 4) is 11.5 Å². The fourth-order valence-corrected chi connectivity index (χ4v) is 3.76. The maximum atomic E-state index is 12.8. The van der Waals surface area contributed by atoms with Crippen LogP contribution in [0.5, 0.6) is 11.5 Å². The number of benzene rings is 1. The number of rotatable bonds is 10. The normalized spacial score (nSPS) is 15.8. The first-order chi connectivity index (χ1) is 14.5. The van der Waals surface area contributed by atoms with E-state index in [0.29, 0.717) is 35.1 Å². The minimum Gasteiger partial charge on any atom is -0.497 e. The molecule has 3 rings (SSSR count). The summed E-state index contributed by atoms with van der Waals surface area (Å²) in [6.45, 7) is 4.20. The molecule has 1 amide bonds. The highest BCUT2D eigenvalue weighted by molar-refractivity contribution is 6.00. The van der Waals surface area contributed by atoms with Crippen LogP contribution in [0, 0.1) is 0 Å². The summed E-state index contributed by atoms with van der Waals surface area (Å²) < 4.78 is 12.3. The summed E-state index contributed by atoms with van der Waals surface area (Å²) in [5.41, 5.74) is 7.14. The Labute approximate surface area is 175 Å². The molecule has 0 spiro atoms. The molecule has 2 aromatic rings. The molecular formula is C21H29N5O4. The molecule has 0 aliphatic carbocycles. The number of hydrogen-bond acceptors (Lipinski definition) is 7. The third-order valence-corrected chi connectivity index (χ3v) is 5.13. The molecule has 1 saturated heterocycles. The Kier molecular flexibility index (Phi) is 6.94. The zero-order valence-corrected chi connectivity index (χ0v) is 17.7. The minimum atomic E-state index is -0.589. The highest BCUT2D eigenvalue weighted by atomic mass is 16.5. The number of hydrogen-bond donors (Lipinski definition) is 3. The van der Waals surface area contributed by atoms with E-state index in [-0.39, 0.29) is 24.7 Å². The van der Waals surface area contributed by atoms with E-state index in [1.807, 2.05) is 6.92 Å². The zero-order chi connectivity index (χ0) is 21.7. The van der Waals surface area contributed by atoms with E-state index in [9.17, 15) is 9.59 Å². The van der Waals surface area contributed by atoms with Crippen molar-refractivity contribution >= 4 is 17.5 Å². The molecule has 162 valence electrons. The largest absolute Gasteiger partial charge is 0.497 e. The molecule has 0 bridgehead atoms. The smallest absolute Gasteiger partial charge is 0.254 e. The molecule has 0 saturated carbocycles. The van der Waals surface area contributed by atoms with Gasteiger partial charge in [-0.2, -0.15) is 5.10 Å². The lowest BCUT2D eigenvalue weighted by Gasteiger charge is -2.14. The summed E-state index contributed by atoms with van der Waals surface area (Å²) >= 11 is 0. The predicted molar refractivity (Wildman–Crippen MR) is 113 cm³/mol. The van der Waals surface area contributed by atoms with Crippen LogP contribution in [0.15, 0.2) is 18.2 Å². The van der Waals surface area contributed by atoms with Gasteiger partial charge in [0.05, 0.1) is 32.4 Å². The Hall–Kier alpha value is -3.07. The van der Waals surface area contributed by atoms with Crippen molar-refractivity contribution in [2.24, 2.45) is 5.73 Å². The quantitative estimate of drug-likeness (QED) is 0.535. The molecule has 0 unspecified atom stereocenters. The SMILES string of the molecule is CCNc1c(C(N)=O)c(CC(=O)Cc2cc(OC)cc(OC)c2)nn1[C@H]1CCNC1. The summed E-state index contributed by atoms with van der Waals surface area (Å²) in [4.78, 5) is 25.1. The van der Waals surface area contributed by atoms with Gasteiger partial charge in [0, 0.05) is 25.6 Å². The Morgan fingerprint density at radius 1 is 1.23 bits per heavy atom. The number of carbonyl (C=O) groups is 2. The molecule has 1 aliphatic rings. The molecule has 1 fully saturated rings. The lowest BCUT2D eigenvalue weighted by molar-refractivity contribution is -0.117. The van der Waals surface area contributed by atoms with Crippen LogP contribution >= 0.6 is 0 Å². The van der Waals surface area contributed by atoms with Crippen molar-refractivity contribution in [2.75, 3.05) is 39.2 Å². The molecule has 9 nitrogen and oxygen atoms in total. The first-order valence-electron chi connectivity index (χ1n) is 10.1. The Morgan fingerprint density at radius 2 is 1.93 bits per heavy atom. The third kappa shape index (κ3) is 4.73. The fourth-order valence-electron chi connectivity index (χ4n) is 3.76. The highest BCUT2D eigenvalue weighted by Crippen LogP contribution is 2.28. The van der Waals surface area contributed by atoms with Gasteiger partial charge in [-0.1, -0.05) is 0 Å². The summed E-state index contributed by atoms with van der Waals surface area (Å²) in [5, 5.41) is 11.1. The lowest BCUT2D eigenvalue weighted by Crippen LogP contribution is -2.19. The Balaban J connectivity index is 1.87. The third-order valence-electron chi connectivity index (χ3n) is 5.13. The number of ether oxygens (including phenoxy) is 2. The van der Waals surface area contributed by atoms with Gasteiger partial charge in [-0.15, -0.1) is 0 Å². The average molecular weight is 415 g/mol. The van der Waals surface area contributed by atoms with E-state index in [0.717, 1.165) is 25.1 Å². The molecule has 1 aliphatic heterocycles. The maximum absolute atomic E-state index is 12.8. The zero-order valence-electron chi connectivity index (χ0n) is 17.7. The van der Waals surface area contributed by atoms with E-state index in [4.69, 9.17) is 15.2 Å². The fraction of sp³-hybridized carbons (Fsp3) is 0.476. The molecule has 1 aromatic carbocycles.